The summed E-state index contributed by atoms with van der Waals surface area (Å²) in [5, 5.41) is 3.06. The van der Waals surface area contributed by atoms with Crippen LogP contribution in [0.3, 0.4) is 0 Å². The number of allylic oxidation sites excluding steroid dienone is 1. The lowest BCUT2D eigenvalue weighted by Gasteiger charge is -2.10. The van der Waals surface area contributed by atoms with Gasteiger partial charge in [0.2, 0.25) is 0 Å². The predicted octanol–water partition coefficient (Wildman–Crippen LogP) is 3.14. The van der Waals surface area contributed by atoms with Gasteiger partial charge in [-0.1, -0.05) is 39.7 Å². The van der Waals surface area contributed by atoms with Crippen molar-refractivity contribution in [1.29, 1.82) is 0 Å². The first kappa shape index (κ1) is 11.5. The average molecular weight is 168 g/mol. The Bertz CT molecular complexity index is 118. The molecule has 0 heterocycles. The SMILES string of the molecule is [CH2]CCC(C)CCCC(=C)NC. The fourth-order valence-electron chi connectivity index (χ4n) is 1.28. The molecule has 0 aliphatic carbocycles. The average Bonchev–Trinajstić information content (AvgIpc) is 2.04. The van der Waals surface area contributed by atoms with Crippen LogP contribution in [0.1, 0.15) is 39.0 Å². The van der Waals surface area contributed by atoms with Crippen molar-refractivity contribution in [2.75, 3.05) is 7.05 Å². The van der Waals surface area contributed by atoms with E-state index < -0.39 is 0 Å². The molecule has 0 aliphatic rings. The van der Waals surface area contributed by atoms with Gasteiger partial charge in [-0.05, 0) is 18.8 Å². The molecule has 1 heteroatoms. The molecule has 1 N–H and O–H groups in total. The normalized spacial score (nSPS) is 12.6. The zero-order valence-corrected chi connectivity index (χ0v) is 8.53. The van der Waals surface area contributed by atoms with Gasteiger partial charge in [0, 0.05) is 12.7 Å². The molecule has 0 amide bonds. The van der Waals surface area contributed by atoms with Crippen LogP contribution in [-0.4, -0.2) is 7.05 Å². The predicted molar refractivity (Wildman–Crippen MR) is 55.8 cm³/mol. The minimum atomic E-state index is 0.826. The van der Waals surface area contributed by atoms with E-state index >= 15 is 0 Å². The Morgan fingerprint density at radius 3 is 2.58 bits per heavy atom. The van der Waals surface area contributed by atoms with E-state index in [1.54, 1.807) is 0 Å². The molecule has 0 aromatic carbocycles. The van der Waals surface area contributed by atoms with E-state index in [1.807, 2.05) is 7.05 Å². The summed E-state index contributed by atoms with van der Waals surface area (Å²) >= 11 is 0. The van der Waals surface area contributed by atoms with Crippen molar-refractivity contribution < 1.29 is 0 Å². The van der Waals surface area contributed by atoms with E-state index in [9.17, 15) is 0 Å². The van der Waals surface area contributed by atoms with Crippen LogP contribution < -0.4 is 5.32 Å². The molecule has 1 nitrogen and oxygen atoms in total. The van der Waals surface area contributed by atoms with Crippen molar-refractivity contribution >= 4 is 0 Å². The van der Waals surface area contributed by atoms with Crippen molar-refractivity contribution in [2.45, 2.75) is 39.0 Å². The third kappa shape index (κ3) is 6.26. The van der Waals surface area contributed by atoms with Gasteiger partial charge in [-0.2, -0.15) is 0 Å². The second-order valence-corrected chi connectivity index (χ2v) is 3.49. The lowest BCUT2D eigenvalue weighted by molar-refractivity contribution is 0.475. The Morgan fingerprint density at radius 2 is 2.08 bits per heavy atom. The molecule has 1 radical (unpaired) electrons. The summed E-state index contributed by atoms with van der Waals surface area (Å²) in [6.07, 6.45) is 5.98. The second kappa shape index (κ2) is 7.20. The molecule has 1 unspecified atom stereocenters. The standard InChI is InChI=1S/C11H22N/c1-5-7-10(2)8-6-9-11(3)12-4/h10,12H,1,3,5-9H2,2,4H3. The van der Waals surface area contributed by atoms with Crippen LogP contribution in [0.2, 0.25) is 0 Å². The maximum Gasteiger partial charge on any atom is 0.00310 e. The first-order valence-corrected chi connectivity index (χ1v) is 4.85. The van der Waals surface area contributed by atoms with Crippen molar-refractivity contribution in [1.82, 2.24) is 5.32 Å². The smallest absolute Gasteiger partial charge is 0.00310 e. The first-order chi connectivity index (χ1) is 5.70. The molecule has 0 rings (SSSR count). The monoisotopic (exact) mass is 168 g/mol. The highest BCUT2D eigenvalue weighted by Crippen LogP contribution is 2.14. The van der Waals surface area contributed by atoms with Crippen molar-refractivity contribution in [3.05, 3.63) is 19.2 Å². The summed E-state index contributed by atoms with van der Waals surface area (Å²) < 4.78 is 0. The number of hydrogen-bond donors (Lipinski definition) is 1. The molecular formula is C11H22N. The molecule has 0 aliphatic heterocycles. The maximum atomic E-state index is 3.89. The van der Waals surface area contributed by atoms with Gasteiger partial charge in [-0.25, -0.2) is 0 Å². The quantitative estimate of drug-likeness (QED) is 0.616. The highest BCUT2D eigenvalue weighted by molar-refractivity contribution is 4.88. The summed E-state index contributed by atoms with van der Waals surface area (Å²) in [4.78, 5) is 0. The highest BCUT2D eigenvalue weighted by atomic mass is 14.8. The van der Waals surface area contributed by atoms with E-state index in [0.29, 0.717) is 0 Å². The molecule has 0 bridgehead atoms. The molecular weight excluding hydrogens is 146 g/mol. The van der Waals surface area contributed by atoms with Gasteiger partial charge in [-0.15, -0.1) is 0 Å². The van der Waals surface area contributed by atoms with Gasteiger partial charge in [0.05, 0.1) is 0 Å². The van der Waals surface area contributed by atoms with Crippen LogP contribution in [0.15, 0.2) is 12.3 Å². The molecule has 1 atom stereocenters. The van der Waals surface area contributed by atoms with E-state index in [2.05, 4.69) is 25.7 Å². The second-order valence-electron chi connectivity index (χ2n) is 3.49. The van der Waals surface area contributed by atoms with Crippen molar-refractivity contribution in [3.63, 3.8) is 0 Å². The topological polar surface area (TPSA) is 12.0 Å². The lowest BCUT2D eigenvalue weighted by Crippen LogP contribution is -2.04. The molecule has 0 saturated carbocycles. The fraction of sp³-hybridized carbons (Fsp3) is 0.727. The minimum absolute atomic E-state index is 0.826. The van der Waals surface area contributed by atoms with Crippen molar-refractivity contribution in [2.24, 2.45) is 5.92 Å². The summed E-state index contributed by atoms with van der Waals surface area (Å²) in [6.45, 7) is 10.0. The van der Waals surface area contributed by atoms with Gasteiger partial charge >= 0.3 is 0 Å². The Kier molecular flexibility index (Phi) is 6.93. The maximum absolute atomic E-state index is 3.89. The van der Waals surface area contributed by atoms with Crippen LogP contribution in [0, 0.1) is 12.8 Å². The van der Waals surface area contributed by atoms with E-state index in [4.69, 9.17) is 0 Å². The molecule has 0 spiro atoms. The lowest BCUT2D eigenvalue weighted by atomic mass is 9.99. The minimum Gasteiger partial charge on any atom is -0.392 e. The van der Waals surface area contributed by atoms with Crippen LogP contribution in [0.4, 0.5) is 0 Å². The van der Waals surface area contributed by atoms with Gasteiger partial charge in [-0.3, -0.25) is 0 Å². The Balaban J connectivity index is 3.24. The molecule has 12 heavy (non-hydrogen) atoms. The largest absolute Gasteiger partial charge is 0.392 e. The van der Waals surface area contributed by atoms with E-state index in [1.165, 1.54) is 19.3 Å². The first-order valence-electron chi connectivity index (χ1n) is 4.85. The Hall–Kier alpha value is -0.460. The van der Waals surface area contributed by atoms with Gasteiger partial charge in [0.1, 0.15) is 0 Å². The Morgan fingerprint density at radius 1 is 1.42 bits per heavy atom. The summed E-state index contributed by atoms with van der Waals surface area (Å²) in [6, 6.07) is 0. The zero-order valence-electron chi connectivity index (χ0n) is 8.53. The number of rotatable bonds is 7. The number of nitrogens with one attached hydrogen (secondary N) is 1. The van der Waals surface area contributed by atoms with Crippen molar-refractivity contribution in [3.8, 4) is 0 Å². The van der Waals surface area contributed by atoms with Gasteiger partial charge < -0.3 is 5.32 Å². The Labute approximate surface area is 77.2 Å². The fourth-order valence-corrected chi connectivity index (χ4v) is 1.28. The van der Waals surface area contributed by atoms with Crippen LogP contribution in [-0.2, 0) is 0 Å². The number of hydrogen-bond acceptors (Lipinski definition) is 1. The van der Waals surface area contributed by atoms with E-state index in [-0.39, 0.29) is 0 Å². The molecule has 0 saturated heterocycles. The summed E-state index contributed by atoms with van der Waals surface area (Å²) in [5.41, 5.74) is 1.15. The van der Waals surface area contributed by atoms with Gasteiger partial charge in [0.25, 0.3) is 0 Å². The zero-order chi connectivity index (χ0) is 9.40. The molecule has 71 valence electrons. The van der Waals surface area contributed by atoms with Crippen LogP contribution in [0.5, 0.6) is 0 Å². The third-order valence-corrected chi connectivity index (χ3v) is 2.23. The molecule has 0 aromatic rings. The van der Waals surface area contributed by atoms with Gasteiger partial charge in [0.15, 0.2) is 0 Å². The third-order valence-electron chi connectivity index (χ3n) is 2.23. The van der Waals surface area contributed by atoms with Crippen LogP contribution >= 0.6 is 0 Å². The molecule has 0 fully saturated rings. The van der Waals surface area contributed by atoms with Crippen LogP contribution in [0.25, 0.3) is 0 Å². The van der Waals surface area contributed by atoms with E-state index in [0.717, 1.165) is 24.5 Å². The highest BCUT2D eigenvalue weighted by Gasteiger charge is 2.00. The summed E-state index contributed by atoms with van der Waals surface area (Å²) in [5.74, 6) is 0.826. The summed E-state index contributed by atoms with van der Waals surface area (Å²) in [7, 11) is 1.93. The molecule has 0 aromatic heterocycles.